The van der Waals surface area contributed by atoms with Crippen molar-refractivity contribution in [2.24, 2.45) is 0 Å². The van der Waals surface area contributed by atoms with Gasteiger partial charge in [0.15, 0.2) is 23.3 Å². The second kappa shape index (κ2) is 7.55. The lowest BCUT2D eigenvalue weighted by Crippen LogP contribution is -2.14. The number of nitrogens with zero attached hydrogens (tertiary/aromatic N) is 4. The van der Waals surface area contributed by atoms with Crippen molar-refractivity contribution in [1.82, 2.24) is 18.8 Å². The van der Waals surface area contributed by atoms with Crippen LogP contribution in [0.1, 0.15) is 0 Å². The highest BCUT2D eigenvalue weighted by atomic mass is 19.2. The van der Waals surface area contributed by atoms with Crippen molar-refractivity contribution in [3.8, 4) is 0 Å². The van der Waals surface area contributed by atoms with E-state index in [-0.39, 0.29) is 33.4 Å². The standard InChI is InChI=1S/C36H12F4N4O2/c37-21-9-11-23-31(29(21)39)41-33-17-5-1-13-15-3-7-20-28-18(34-42-32-24(44(34)36(20)46)12-10-22(38)30(32)40)6-2-14(26(15)28)16-4-8-19(27(17)25(13)16)35(45)43(23)33/h1-12H. The Bertz CT molecular complexity index is 3110. The molecular formula is C36H12F4N4O2. The molecule has 0 aliphatic heterocycles. The van der Waals surface area contributed by atoms with Crippen molar-refractivity contribution in [2.45, 2.75) is 0 Å². The SMILES string of the molecule is O=c1c2ccc3c4ccc5c6c(ccc(c7ccc(c2c37)c2nc3c(F)c(F)ccc3n12)c46)c(=O)n1c2ccc(F)c(F)c2nc51. The zero-order valence-electron chi connectivity index (χ0n) is 23.0. The highest BCUT2D eigenvalue weighted by Gasteiger charge is 2.25. The van der Waals surface area contributed by atoms with E-state index in [9.17, 15) is 27.2 Å². The van der Waals surface area contributed by atoms with E-state index >= 15 is 0 Å². The van der Waals surface area contributed by atoms with Crippen LogP contribution in [0, 0.1) is 23.3 Å². The molecular weight excluding hydrogens is 596 g/mol. The predicted molar refractivity (Wildman–Crippen MR) is 170 cm³/mol. The molecule has 7 aromatic carbocycles. The molecule has 6 nitrogen and oxygen atoms in total. The van der Waals surface area contributed by atoms with Gasteiger partial charge >= 0.3 is 0 Å². The summed E-state index contributed by atoms with van der Waals surface area (Å²) in [5.74, 6) is -4.33. The van der Waals surface area contributed by atoms with Crippen LogP contribution in [-0.2, 0) is 0 Å². The summed E-state index contributed by atoms with van der Waals surface area (Å²) in [6.07, 6.45) is 0. The summed E-state index contributed by atoms with van der Waals surface area (Å²) in [6.45, 7) is 0. The third-order valence-corrected chi connectivity index (χ3v) is 9.69. The number of aromatic nitrogens is 4. The van der Waals surface area contributed by atoms with Crippen molar-refractivity contribution >= 4 is 98.0 Å². The molecule has 0 amide bonds. The summed E-state index contributed by atoms with van der Waals surface area (Å²) in [6, 6.07) is 19.3. The first-order valence-corrected chi connectivity index (χ1v) is 14.4. The van der Waals surface area contributed by atoms with Crippen molar-refractivity contribution in [3.05, 3.63) is 117 Å². The Labute approximate surface area is 251 Å². The minimum Gasteiger partial charge on any atom is -0.268 e. The van der Waals surface area contributed by atoms with Gasteiger partial charge < -0.3 is 0 Å². The topological polar surface area (TPSA) is 68.7 Å². The van der Waals surface area contributed by atoms with E-state index in [1.807, 2.05) is 36.4 Å². The monoisotopic (exact) mass is 608 g/mol. The summed E-state index contributed by atoms with van der Waals surface area (Å²) in [7, 11) is 0. The third kappa shape index (κ3) is 2.48. The molecule has 0 saturated heterocycles. The minimum absolute atomic E-state index is 0.181. The number of fused-ring (bicyclic) bond motifs is 10. The van der Waals surface area contributed by atoms with Crippen molar-refractivity contribution < 1.29 is 17.6 Å². The van der Waals surface area contributed by atoms with E-state index in [0.717, 1.165) is 44.5 Å². The van der Waals surface area contributed by atoms with E-state index in [1.165, 1.54) is 20.9 Å². The van der Waals surface area contributed by atoms with Crippen LogP contribution in [0.4, 0.5) is 17.6 Å². The molecule has 0 radical (unpaired) electrons. The second-order valence-corrected chi connectivity index (χ2v) is 11.8. The number of hydrogen-bond acceptors (Lipinski definition) is 4. The zero-order valence-corrected chi connectivity index (χ0v) is 23.0. The Balaban J connectivity index is 1.36. The van der Waals surface area contributed by atoms with Gasteiger partial charge in [0.05, 0.1) is 11.0 Å². The molecule has 0 spiro atoms. The summed E-state index contributed by atoms with van der Waals surface area (Å²) in [5, 5.41) is 8.21. The first kappa shape index (κ1) is 24.2. The number of pyridine rings is 2. The van der Waals surface area contributed by atoms with Gasteiger partial charge in [-0.2, -0.15) is 0 Å². The molecule has 0 fully saturated rings. The quantitative estimate of drug-likeness (QED) is 0.100. The van der Waals surface area contributed by atoms with Gasteiger partial charge in [0.25, 0.3) is 11.1 Å². The van der Waals surface area contributed by atoms with Gasteiger partial charge in [0.1, 0.15) is 22.3 Å². The lowest BCUT2D eigenvalue weighted by atomic mass is 9.86. The van der Waals surface area contributed by atoms with Gasteiger partial charge in [-0.3, -0.25) is 18.4 Å². The molecule has 11 rings (SSSR count). The molecule has 0 aliphatic carbocycles. The van der Waals surface area contributed by atoms with Crippen LogP contribution in [0.25, 0.3) is 98.0 Å². The summed E-state index contributed by atoms with van der Waals surface area (Å²) in [5.41, 5.74) is -0.420. The summed E-state index contributed by atoms with van der Waals surface area (Å²) < 4.78 is 60.5. The van der Waals surface area contributed by atoms with Gasteiger partial charge in [-0.05, 0) is 80.8 Å². The number of hydrogen-bond donors (Lipinski definition) is 0. The molecule has 0 bridgehead atoms. The molecule has 0 N–H and O–H groups in total. The lowest BCUT2D eigenvalue weighted by Gasteiger charge is -2.18. The maximum absolute atomic E-state index is 14.8. The average molecular weight is 609 g/mol. The van der Waals surface area contributed by atoms with Crippen LogP contribution in [0.3, 0.4) is 0 Å². The normalized spacial score (nSPS) is 13.0. The lowest BCUT2D eigenvalue weighted by molar-refractivity contribution is 0.515. The zero-order chi connectivity index (χ0) is 30.9. The molecule has 4 heterocycles. The van der Waals surface area contributed by atoms with Crippen molar-refractivity contribution in [2.75, 3.05) is 0 Å². The Morgan fingerprint density at radius 1 is 0.413 bits per heavy atom. The van der Waals surface area contributed by atoms with Crippen LogP contribution in [0.15, 0.2) is 82.4 Å². The first-order chi connectivity index (χ1) is 22.3. The van der Waals surface area contributed by atoms with Crippen molar-refractivity contribution in [3.63, 3.8) is 0 Å². The highest BCUT2D eigenvalue weighted by Crippen LogP contribution is 2.45. The van der Waals surface area contributed by atoms with E-state index < -0.39 is 34.4 Å². The number of rotatable bonds is 0. The maximum atomic E-state index is 14.8. The Kier molecular flexibility index (Phi) is 3.97. The minimum atomic E-state index is -1.12. The molecule has 0 unspecified atom stereocenters. The first-order valence-electron chi connectivity index (χ1n) is 14.4. The second-order valence-electron chi connectivity index (χ2n) is 11.8. The van der Waals surface area contributed by atoms with Crippen LogP contribution in [0.2, 0.25) is 0 Å². The third-order valence-electron chi connectivity index (χ3n) is 9.69. The molecule has 10 heteroatoms. The number of halogens is 4. The highest BCUT2D eigenvalue weighted by molar-refractivity contribution is 6.40. The van der Waals surface area contributed by atoms with Gasteiger partial charge in [-0.15, -0.1) is 0 Å². The van der Waals surface area contributed by atoms with E-state index in [4.69, 9.17) is 0 Å². The van der Waals surface area contributed by atoms with Gasteiger partial charge in [-0.1, -0.05) is 24.3 Å². The Hall–Kier alpha value is -6.16. The molecule has 46 heavy (non-hydrogen) atoms. The van der Waals surface area contributed by atoms with Gasteiger partial charge in [0, 0.05) is 32.3 Å². The Morgan fingerprint density at radius 2 is 0.739 bits per heavy atom. The fraction of sp³-hybridized carbons (Fsp3) is 0. The molecule has 4 aromatic heterocycles. The van der Waals surface area contributed by atoms with Gasteiger partial charge in [-0.25, -0.2) is 27.5 Å². The fourth-order valence-electron chi connectivity index (χ4n) is 7.80. The molecule has 0 atom stereocenters. The van der Waals surface area contributed by atoms with Crippen LogP contribution in [-0.4, -0.2) is 18.8 Å². The smallest absolute Gasteiger partial charge is 0.264 e. The average Bonchev–Trinajstić information content (AvgIpc) is 3.66. The van der Waals surface area contributed by atoms with E-state index in [1.54, 1.807) is 12.1 Å². The summed E-state index contributed by atoms with van der Waals surface area (Å²) >= 11 is 0. The summed E-state index contributed by atoms with van der Waals surface area (Å²) in [4.78, 5) is 36.7. The maximum Gasteiger partial charge on any atom is 0.264 e. The van der Waals surface area contributed by atoms with Crippen LogP contribution < -0.4 is 11.1 Å². The molecule has 0 saturated carbocycles. The van der Waals surface area contributed by atoms with Crippen LogP contribution >= 0.6 is 0 Å². The van der Waals surface area contributed by atoms with Crippen molar-refractivity contribution in [1.29, 1.82) is 0 Å². The predicted octanol–water partition coefficient (Wildman–Crippen LogP) is 7.80. The van der Waals surface area contributed by atoms with Crippen LogP contribution in [0.5, 0.6) is 0 Å². The number of benzene rings is 7. The molecule has 216 valence electrons. The molecule has 0 aliphatic rings. The Morgan fingerprint density at radius 3 is 1.13 bits per heavy atom. The largest absolute Gasteiger partial charge is 0.268 e. The molecule has 11 aromatic rings. The fourth-order valence-corrected chi connectivity index (χ4v) is 7.80. The van der Waals surface area contributed by atoms with Gasteiger partial charge in [0.2, 0.25) is 0 Å². The van der Waals surface area contributed by atoms with E-state index in [2.05, 4.69) is 9.97 Å². The van der Waals surface area contributed by atoms with E-state index in [0.29, 0.717) is 32.3 Å². The number of imidazole rings is 2.